The van der Waals surface area contributed by atoms with Crippen LogP contribution in [0.3, 0.4) is 0 Å². The highest BCUT2D eigenvalue weighted by atomic mass is 79.9. The second-order valence-corrected chi connectivity index (χ2v) is 10.7. The number of halogens is 1. The molecule has 0 saturated carbocycles. The summed E-state index contributed by atoms with van der Waals surface area (Å²) in [5.74, 6) is 0.124. The fourth-order valence-corrected chi connectivity index (χ4v) is 5.22. The molecule has 7 nitrogen and oxygen atoms in total. The zero-order valence-electron chi connectivity index (χ0n) is 19.7. The number of carbonyl (C=O) groups excluding carboxylic acids is 1. The molecule has 0 aliphatic heterocycles. The Labute approximate surface area is 224 Å². The zero-order valence-corrected chi connectivity index (χ0v) is 22.1. The number of ether oxygens (including phenoxy) is 1. The Balaban J connectivity index is 1.40. The van der Waals surface area contributed by atoms with Gasteiger partial charge in [-0.3, -0.25) is 9.10 Å². The van der Waals surface area contributed by atoms with Crippen molar-refractivity contribution in [3.63, 3.8) is 0 Å². The lowest BCUT2D eigenvalue weighted by Crippen LogP contribution is -2.39. The fraction of sp³-hybridized carbons (Fsp3) is 0.0714. The van der Waals surface area contributed by atoms with Gasteiger partial charge in [-0.15, -0.1) is 0 Å². The van der Waals surface area contributed by atoms with Gasteiger partial charge in [0.25, 0.3) is 15.9 Å². The SMILES string of the molecule is O=C(CN(c1cccc(Br)c1)S(=O)(=O)c1ccccc1)N/N=C\c1ccc(OCc2ccccc2)cc1. The van der Waals surface area contributed by atoms with Gasteiger partial charge in [0.2, 0.25) is 0 Å². The Morgan fingerprint density at radius 1 is 0.892 bits per heavy atom. The topological polar surface area (TPSA) is 88.1 Å². The van der Waals surface area contributed by atoms with Crippen LogP contribution in [0.4, 0.5) is 5.69 Å². The van der Waals surface area contributed by atoms with Crippen molar-refractivity contribution in [2.45, 2.75) is 11.5 Å². The molecule has 0 atom stereocenters. The molecule has 188 valence electrons. The van der Waals surface area contributed by atoms with Crippen molar-refractivity contribution in [1.29, 1.82) is 0 Å². The van der Waals surface area contributed by atoms with E-state index in [-0.39, 0.29) is 4.90 Å². The van der Waals surface area contributed by atoms with Crippen molar-refractivity contribution in [1.82, 2.24) is 5.43 Å². The number of hydrogen-bond acceptors (Lipinski definition) is 5. The van der Waals surface area contributed by atoms with Gasteiger partial charge in [0.15, 0.2) is 0 Å². The first kappa shape index (κ1) is 26.1. The Hall–Kier alpha value is -3.95. The molecule has 4 rings (SSSR count). The minimum absolute atomic E-state index is 0.0841. The molecule has 1 amide bonds. The maximum absolute atomic E-state index is 13.3. The summed E-state index contributed by atoms with van der Waals surface area (Å²) in [7, 11) is -3.99. The Kier molecular flexibility index (Phi) is 8.71. The monoisotopic (exact) mass is 577 g/mol. The number of carbonyl (C=O) groups is 1. The molecule has 0 saturated heterocycles. The van der Waals surface area contributed by atoms with Crippen LogP contribution in [0.5, 0.6) is 5.75 Å². The average molecular weight is 578 g/mol. The number of amides is 1. The Morgan fingerprint density at radius 2 is 1.57 bits per heavy atom. The van der Waals surface area contributed by atoms with Crippen LogP contribution in [-0.2, 0) is 21.4 Å². The van der Waals surface area contributed by atoms with Gasteiger partial charge in [-0.25, -0.2) is 13.8 Å². The number of benzene rings is 4. The predicted octanol–water partition coefficient (Wildman–Crippen LogP) is 5.37. The molecule has 9 heteroatoms. The summed E-state index contributed by atoms with van der Waals surface area (Å²) in [5.41, 5.74) is 4.58. The molecule has 0 spiro atoms. The van der Waals surface area contributed by atoms with Crippen molar-refractivity contribution in [3.05, 3.63) is 125 Å². The highest BCUT2D eigenvalue weighted by Crippen LogP contribution is 2.26. The van der Waals surface area contributed by atoms with Gasteiger partial charge in [-0.1, -0.05) is 70.5 Å². The lowest BCUT2D eigenvalue weighted by molar-refractivity contribution is -0.119. The summed E-state index contributed by atoms with van der Waals surface area (Å²) < 4.78 is 34.2. The van der Waals surface area contributed by atoms with E-state index in [0.717, 1.165) is 15.4 Å². The van der Waals surface area contributed by atoms with Gasteiger partial charge in [-0.05, 0) is 65.7 Å². The lowest BCUT2D eigenvalue weighted by Gasteiger charge is -2.23. The van der Waals surface area contributed by atoms with Crippen LogP contribution in [0.1, 0.15) is 11.1 Å². The first-order valence-corrected chi connectivity index (χ1v) is 13.6. The third-order valence-corrected chi connectivity index (χ3v) is 7.53. The summed E-state index contributed by atoms with van der Waals surface area (Å²) in [6.45, 7) is 0.0159. The number of hydrogen-bond donors (Lipinski definition) is 1. The summed E-state index contributed by atoms with van der Waals surface area (Å²) in [4.78, 5) is 12.8. The van der Waals surface area contributed by atoms with Crippen molar-refractivity contribution < 1.29 is 17.9 Å². The van der Waals surface area contributed by atoms with Gasteiger partial charge < -0.3 is 4.74 Å². The van der Waals surface area contributed by atoms with E-state index in [0.29, 0.717) is 22.5 Å². The highest BCUT2D eigenvalue weighted by Gasteiger charge is 2.27. The molecule has 0 fully saturated rings. The van der Waals surface area contributed by atoms with E-state index in [2.05, 4.69) is 26.5 Å². The number of hydrazone groups is 1. The third-order valence-electron chi connectivity index (χ3n) is 5.25. The van der Waals surface area contributed by atoms with Crippen molar-refractivity contribution in [2.75, 3.05) is 10.8 Å². The van der Waals surface area contributed by atoms with Crippen LogP contribution in [0.15, 0.2) is 124 Å². The van der Waals surface area contributed by atoms with E-state index in [1.54, 1.807) is 42.5 Å². The number of anilines is 1. The van der Waals surface area contributed by atoms with Gasteiger partial charge >= 0.3 is 0 Å². The summed E-state index contributed by atoms with van der Waals surface area (Å²) in [6.07, 6.45) is 1.48. The van der Waals surface area contributed by atoms with Crippen molar-refractivity contribution in [3.8, 4) is 5.75 Å². The van der Waals surface area contributed by atoms with Crippen LogP contribution < -0.4 is 14.5 Å². The largest absolute Gasteiger partial charge is 0.489 e. The number of nitrogens with one attached hydrogen (secondary N) is 1. The minimum Gasteiger partial charge on any atom is -0.489 e. The maximum atomic E-state index is 13.3. The van der Waals surface area contributed by atoms with Crippen LogP contribution in [-0.4, -0.2) is 27.1 Å². The molecule has 0 bridgehead atoms. The van der Waals surface area contributed by atoms with Crippen LogP contribution in [0.2, 0.25) is 0 Å². The second-order valence-electron chi connectivity index (χ2n) is 7.94. The van der Waals surface area contributed by atoms with E-state index in [4.69, 9.17) is 4.74 Å². The van der Waals surface area contributed by atoms with Gasteiger partial charge in [0.1, 0.15) is 18.9 Å². The molecule has 0 unspecified atom stereocenters. The van der Waals surface area contributed by atoms with E-state index in [1.165, 1.54) is 18.3 Å². The van der Waals surface area contributed by atoms with E-state index in [9.17, 15) is 13.2 Å². The predicted molar refractivity (Wildman–Crippen MR) is 148 cm³/mol. The summed E-state index contributed by atoms with van der Waals surface area (Å²) in [5, 5.41) is 3.99. The Morgan fingerprint density at radius 3 is 2.24 bits per heavy atom. The summed E-state index contributed by atoms with van der Waals surface area (Å²) >= 11 is 3.36. The molecule has 4 aromatic carbocycles. The van der Waals surface area contributed by atoms with E-state index >= 15 is 0 Å². The summed E-state index contributed by atoms with van der Waals surface area (Å²) in [6, 6.07) is 31.8. The van der Waals surface area contributed by atoms with Gasteiger partial charge in [0.05, 0.1) is 16.8 Å². The molecule has 1 N–H and O–H groups in total. The molecule has 0 aromatic heterocycles. The van der Waals surface area contributed by atoms with Gasteiger partial charge in [-0.2, -0.15) is 5.10 Å². The number of sulfonamides is 1. The standard InChI is InChI=1S/C28H24BrN3O4S/c29-24-10-7-11-25(18-24)32(37(34,35)27-12-5-2-6-13-27)20-28(33)31-30-19-22-14-16-26(17-15-22)36-21-23-8-3-1-4-9-23/h1-19H,20-21H2,(H,31,33)/b30-19-. The molecule has 0 heterocycles. The fourth-order valence-electron chi connectivity index (χ4n) is 3.40. The molecular weight excluding hydrogens is 554 g/mol. The maximum Gasteiger partial charge on any atom is 0.264 e. The Bertz CT molecular complexity index is 1460. The van der Waals surface area contributed by atoms with Crippen molar-refractivity contribution >= 4 is 43.8 Å². The number of rotatable bonds is 10. The first-order chi connectivity index (χ1) is 17.9. The van der Waals surface area contributed by atoms with E-state index < -0.39 is 22.5 Å². The van der Waals surface area contributed by atoms with Gasteiger partial charge in [0, 0.05) is 4.47 Å². The molecule has 0 aliphatic rings. The van der Waals surface area contributed by atoms with Crippen LogP contribution >= 0.6 is 15.9 Å². The quantitative estimate of drug-likeness (QED) is 0.202. The van der Waals surface area contributed by atoms with Crippen LogP contribution in [0, 0.1) is 0 Å². The third kappa shape index (κ3) is 7.28. The minimum atomic E-state index is -3.99. The molecule has 0 aliphatic carbocycles. The average Bonchev–Trinajstić information content (AvgIpc) is 2.92. The zero-order chi connectivity index (χ0) is 26.1. The molecular formula is C28H24BrN3O4S. The first-order valence-electron chi connectivity index (χ1n) is 11.3. The smallest absolute Gasteiger partial charge is 0.264 e. The molecule has 0 radical (unpaired) electrons. The molecule has 37 heavy (non-hydrogen) atoms. The number of nitrogens with zero attached hydrogens (tertiary/aromatic N) is 2. The van der Waals surface area contributed by atoms with Crippen molar-refractivity contribution in [2.24, 2.45) is 5.10 Å². The van der Waals surface area contributed by atoms with E-state index in [1.807, 2.05) is 54.6 Å². The second kappa shape index (κ2) is 12.3. The highest BCUT2D eigenvalue weighted by molar-refractivity contribution is 9.10. The normalized spacial score (nSPS) is 11.3. The van der Waals surface area contributed by atoms with Crippen LogP contribution in [0.25, 0.3) is 0 Å². The molecule has 4 aromatic rings. The lowest BCUT2D eigenvalue weighted by atomic mass is 10.2.